The number of halogens is 2. The standard InChI is InChI=1S/C28H29F2N7O4/c1-4-36(10-12-39-2)9-6-11-41-25-14-23-20(13-24(25)40-3)28(32-18-31-23)34-19-15-33-37(16-19)17-26(38)35-22-8-5-7-21(29)27(22)30/h1,5,7-8,13-16,18H,6,9-12,17H2,2-3H3,(H,35,38)(H,31,32,34). The molecule has 41 heavy (non-hydrogen) atoms. The van der Waals surface area contributed by atoms with Crippen LogP contribution in [0.4, 0.5) is 26.0 Å². The number of terminal acetylenes is 1. The normalized spacial score (nSPS) is 10.7. The molecule has 4 rings (SSSR count). The first-order chi connectivity index (χ1) is 19.9. The molecular weight excluding hydrogens is 536 g/mol. The summed E-state index contributed by atoms with van der Waals surface area (Å²) >= 11 is 0. The predicted molar refractivity (Wildman–Crippen MR) is 149 cm³/mol. The van der Waals surface area contributed by atoms with Crippen LogP contribution in [0.25, 0.3) is 10.9 Å². The Bertz CT molecular complexity index is 1540. The number of amides is 1. The summed E-state index contributed by atoms with van der Waals surface area (Å²) in [6, 6.07) is 9.71. The number of carbonyl (C=O) groups excluding carboxylic acids is 1. The summed E-state index contributed by atoms with van der Waals surface area (Å²) in [6.45, 7) is 2.04. The molecule has 2 N–H and O–H groups in total. The summed E-state index contributed by atoms with van der Waals surface area (Å²) in [4.78, 5) is 22.8. The molecule has 2 heterocycles. The first-order valence-corrected chi connectivity index (χ1v) is 12.6. The number of hydrogen-bond donors (Lipinski definition) is 2. The first kappa shape index (κ1) is 29.0. The van der Waals surface area contributed by atoms with Crippen molar-refractivity contribution in [3.8, 4) is 24.0 Å². The van der Waals surface area contributed by atoms with Crippen LogP contribution in [0.15, 0.2) is 49.1 Å². The number of nitrogens with zero attached hydrogens (tertiary/aromatic N) is 5. The minimum atomic E-state index is -1.13. The Labute approximate surface area is 235 Å². The average Bonchev–Trinajstić information content (AvgIpc) is 3.41. The lowest BCUT2D eigenvalue weighted by atomic mass is 10.2. The van der Waals surface area contributed by atoms with Crippen molar-refractivity contribution in [2.45, 2.75) is 13.0 Å². The van der Waals surface area contributed by atoms with Gasteiger partial charge in [0.05, 0.1) is 43.4 Å². The second-order valence-electron chi connectivity index (χ2n) is 8.75. The van der Waals surface area contributed by atoms with E-state index in [9.17, 15) is 13.6 Å². The van der Waals surface area contributed by atoms with E-state index >= 15 is 0 Å². The van der Waals surface area contributed by atoms with Gasteiger partial charge in [0.25, 0.3) is 0 Å². The smallest absolute Gasteiger partial charge is 0.246 e. The van der Waals surface area contributed by atoms with E-state index in [1.807, 2.05) is 4.90 Å². The van der Waals surface area contributed by atoms with Crippen LogP contribution in [-0.2, 0) is 16.1 Å². The minimum Gasteiger partial charge on any atom is -0.493 e. The van der Waals surface area contributed by atoms with Crippen molar-refractivity contribution in [1.82, 2.24) is 24.6 Å². The molecule has 0 aliphatic carbocycles. The number of anilines is 3. The number of fused-ring (bicyclic) bond motifs is 1. The van der Waals surface area contributed by atoms with Gasteiger partial charge in [-0.05, 0) is 24.6 Å². The molecule has 214 valence electrons. The van der Waals surface area contributed by atoms with Crippen LogP contribution < -0.4 is 20.1 Å². The Hall–Kier alpha value is -4.96. The van der Waals surface area contributed by atoms with E-state index in [0.29, 0.717) is 66.6 Å². The Morgan fingerprint density at radius 1 is 1.15 bits per heavy atom. The van der Waals surface area contributed by atoms with Gasteiger partial charge in [0, 0.05) is 43.9 Å². The Morgan fingerprint density at radius 3 is 2.78 bits per heavy atom. The van der Waals surface area contributed by atoms with E-state index < -0.39 is 17.5 Å². The summed E-state index contributed by atoms with van der Waals surface area (Å²) in [7, 11) is 3.17. The molecule has 0 spiro atoms. The van der Waals surface area contributed by atoms with Crippen LogP contribution in [0, 0.1) is 24.1 Å². The fraction of sp³-hybridized carbons (Fsp3) is 0.286. The lowest BCUT2D eigenvalue weighted by molar-refractivity contribution is -0.116. The zero-order valence-electron chi connectivity index (χ0n) is 22.6. The third kappa shape index (κ3) is 7.58. The molecule has 0 radical (unpaired) electrons. The number of nitrogens with one attached hydrogen (secondary N) is 2. The molecule has 4 aromatic rings. The first-order valence-electron chi connectivity index (χ1n) is 12.6. The molecule has 0 atom stereocenters. The molecule has 0 unspecified atom stereocenters. The summed E-state index contributed by atoms with van der Waals surface area (Å²) in [5, 5.41) is 10.3. The van der Waals surface area contributed by atoms with Gasteiger partial charge < -0.3 is 29.7 Å². The van der Waals surface area contributed by atoms with Gasteiger partial charge in [-0.15, -0.1) is 0 Å². The summed E-state index contributed by atoms with van der Waals surface area (Å²) in [5.41, 5.74) is 0.912. The fourth-order valence-electron chi connectivity index (χ4n) is 3.90. The van der Waals surface area contributed by atoms with E-state index in [2.05, 4.69) is 31.7 Å². The largest absolute Gasteiger partial charge is 0.493 e. The van der Waals surface area contributed by atoms with Crippen molar-refractivity contribution in [3.05, 3.63) is 60.7 Å². The number of rotatable bonds is 14. The van der Waals surface area contributed by atoms with E-state index in [4.69, 9.17) is 20.6 Å². The molecule has 0 bridgehead atoms. The van der Waals surface area contributed by atoms with Crippen molar-refractivity contribution >= 4 is 34.0 Å². The molecule has 0 saturated heterocycles. The highest BCUT2D eigenvalue weighted by atomic mass is 19.2. The zero-order chi connectivity index (χ0) is 29.2. The summed E-state index contributed by atoms with van der Waals surface area (Å²) < 4.78 is 45.2. The third-order valence-electron chi connectivity index (χ3n) is 5.93. The summed E-state index contributed by atoms with van der Waals surface area (Å²) in [5.74, 6) is -1.24. The molecule has 2 aromatic carbocycles. The second-order valence-corrected chi connectivity index (χ2v) is 8.75. The van der Waals surface area contributed by atoms with Gasteiger partial charge in [0.2, 0.25) is 5.91 Å². The number of benzene rings is 2. The summed E-state index contributed by atoms with van der Waals surface area (Å²) in [6.07, 6.45) is 10.7. The number of carbonyl (C=O) groups is 1. The lowest BCUT2D eigenvalue weighted by Crippen LogP contribution is -2.24. The number of methoxy groups -OCH3 is 2. The number of aromatic nitrogens is 4. The molecule has 1 amide bonds. The van der Waals surface area contributed by atoms with Crippen molar-refractivity contribution in [1.29, 1.82) is 0 Å². The van der Waals surface area contributed by atoms with Gasteiger partial charge in [0.15, 0.2) is 23.1 Å². The molecule has 0 aliphatic heterocycles. The number of ether oxygens (including phenoxy) is 3. The monoisotopic (exact) mass is 565 g/mol. The topological polar surface area (TPSA) is 116 Å². The van der Waals surface area contributed by atoms with Crippen molar-refractivity contribution in [2.24, 2.45) is 0 Å². The molecule has 11 nitrogen and oxygen atoms in total. The van der Waals surface area contributed by atoms with Crippen LogP contribution in [0.2, 0.25) is 0 Å². The van der Waals surface area contributed by atoms with Gasteiger partial charge in [-0.25, -0.2) is 18.7 Å². The third-order valence-corrected chi connectivity index (χ3v) is 5.93. The quantitative estimate of drug-likeness (QED) is 0.134. The van der Waals surface area contributed by atoms with Crippen LogP contribution in [0.1, 0.15) is 6.42 Å². The molecular formula is C28H29F2N7O4. The maximum atomic E-state index is 13.8. The molecule has 0 aliphatic rings. The average molecular weight is 566 g/mol. The molecule has 0 fully saturated rings. The minimum absolute atomic E-state index is 0.220. The highest BCUT2D eigenvalue weighted by molar-refractivity contribution is 5.93. The molecule has 13 heteroatoms. The van der Waals surface area contributed by atoms with E-state index in [1.54, 1.807) is 32.5 Å². The van der Waals surface area contributed by atoms with Crippen molar-refractivity contribution in [3.63, 3.8) is 0 Å². The van der Waals surface area contributed by atoms with Gasteiger partial charge in [0.1, 0.15) is 18.7 Å². The van der Waals surface area contributed by atoms with Gasteiger partial charge in [-0.3, -0.25) is 9.48 Å². The maximum absolute atomic E-state index is 13.8. The van der Waals surface area contributed by atoms with Crippen molar-refractivity contribution < 1.29 is 27.8 Å². The second kappa shape index (κ2) is 13.9. The van der Waals surface area contributed by atoms with Crippen LogP contribution in [0.5, 0.6) is 11.5 Å². The van der Waals surface area contributed by atoms with Gasteiger partial charge >= 0.3 is 0 Å². The highest BCUT2D eigenvalue weighted by Crippen LogP contribution is 2.34. The van der Waals surface area contributed by atoms with E-state index in [-0.39, 0.29) is 12.2 Å². The predicted octanol–water partition coefficient (Wildman–Crippen LogP) is 3.80. The number of hydrogen-bond acceptors (Lipinski definition) is 9. The Balaban J connectivity index is 1.40. The highest BCUT2D eigenvalue weighted by Gasteiger charge is 2.14. The fourth-order valence-corrected chi connectivity index (χ4v) is 3.90. The van der Waals surface area contributed by atoms with E-state index in [1.165, 1.54) is 29.3 Å². The van der Waals surface area contributed by atoms with Crippen LogP contribution in [-0.4, -0.2) is 71.1 Å². The van der Waals surface area contributed by atoms with Crippen LogP contribution in [0.3, 0.4) is 0 Å². The van der Waals surface area contributed by atoms with Crippen LogP contribution >= 0.6 is 0 Å². The Kier molecular flexibility index (Phi) is 9.85. The zero-order valence-corrected chi connectivity index (χ0v) is 22.6. The molecule has 0 saturated carbocycles. The maximum Gasteiger partial charge on any atom is 0.246 e. The van der Waals surface area contributed by atoms with Gasteiger partial charge in [-0.2, -0.15) is 5.10 Å². The van der Waals surface area contributed by atoms with Crippen molar-refractivity contribution in [2.75, 3.05) is 51.2 Å². The van der Waals surface area contributed by atoms with E-state index in [0.717, 1.165) is 6.07 Å². The SMILES string of the molecule is C#CN(CCCOc1cc2ncnc(Nc3cnn(CC(=O)Nc4cccc(F)c4F)c3)c2cc1OC)CCOC. The lowest BCUT2D eigenvalue weighted by Gasteiger charge is -2.17. The Morgan fingerprint density at radius 2 is 2.00 bits per heavy atom. The van der Waals surface area contributed by atoms with Gasteiger partial charge in [-0.1, -0.05) is 12.5 Å². The molecule has 2 aromatic heterocycles.